The molecular weight excluding hydrogens is 280 g/mol. The first-order valence-electron chi connectivity index (χ1n) is 6.92. The minimum atomic E-state index is -0.518. The molecule has 1 heterocycles. The number of carbonyl (C=O) groups is 1. The first-order chi connectivity index (χ1) is 10.5. The molecule has 1 aromatic carbocycles. The van der Waals surface area contributed by atoms with Crippen molar-refractivity contribution in [3.05, 3.63) is 53.9 Å². The van der Waals surface area contributed by atoms with Crippen LogP contribution in [0, 0.1) is 0 Å². The number of carbonyl (C=O) groups excluding carboxylic acids is 1. The zero-order valence-electron chi connectivity index (χ0n) is 13.2. The highest BCUT2D eigenvalue weighted by molar-refractivity contribution is 5.95. The normalized spacial score (nSPS) is 10.9. The van der Waals surface area contributed by atoms with Crippen LogP contribution in [0.15, 0.2) is 42.7 Å². The second kappa shape index (κ2) is 6.47. The highest BCUT2D eigenvalue weighted by atomic mass is 16.5. The summed E-state index contributed by atoms with van der Waals surface area (Å²) >= 11 is 0. The fraction of sp³-hybridized carbons (Fsp3) is 0.294. The third-order valence-electron chi connectivity index (χ3n) is 3.44. The molecule has 0 aliphatic rings. The summed E-state index contributed by atoms with van der Waals surface area (Å²) in [5.41, 5.74) is 0.945. The molecule has 0 bridgehead atoms. The summed E-state index contributed by atoms with van der Waals surface area (Å²) < 4.78 is 10.4. The van der Waals surface area contributed by atoms with Crippen molar-refractivity contribution in [3.8, 4) is 11.5 Å². The third kappa shape index (κ3) is 3.55. The van der Waals surface area contributed by atoms with E-state index >= 15 is 0 Å². The summed E-state index contributed by atoms with van der Waals surface area (Å²) in [5, 5.41) is 3.01. The number of ether oxygens (including phenoxy) is 2. The van der Waals surface area contributed by atoms with E-state index in [9.17, 15) is 4.79 Å². The van der Waals surface area contributed by atoms with E-state index in [2.05, 4.69) is 10.3 Å². The lowest BCUT2D eigenvalue weighted by atomic mass is 9.95. The van der Waals surface area contributed by atoms with E-state index in [-0.39, 0.29) is 5.91 Å². The van der Waals surface area contributed by atoms with Crippen LogP contribution in [-0.2, 0) is 5.54 Å². The summed E-state index contributed by atoms with van der Waals surface area (Å²) in [6, 6.07) is 8.85. The Hall–Kier alpha value is -2.56. The number of benzene rings is 1. The molecular formula is C17H20N2O3. The van der Waals surface area contributed by atoms with E-state index in [0.29, 0.717) is 17.1 Å². The van der Waals surface area contributed by atoms with E-state index in [0.717, 1.165) is 5.56 Å². The average molecular weight is 300 g/mol. The minimum absolute atomic E-state index is 0.195. The van der Waals surface area contributed by atoms with Crippen LogP contribution in [0.5, 0.6) is 11.5 Å². The van der Waals surface area contributed by atoms with E-state index < -0.39 is 5.54 Å². The minimum Gasteiger partial charge on any atom is -0.497 e. The number of pyridine rings is 1. The predicted molar refractivity (Wildman–Crippen MR) is 84.3 cm³/mol. The van der Waals surface area contributed by atoms with Crippen LogP contribution in [0.1, 0.15) is 29.8 Å². The molecule has 0 aliphatic heterocycles. The van der Waals surface area contributed by atoms with Crippen LogP contribution in [0.25, 0.3) is 0 Å². The van der Waals surface area contributed by atoms with Crippen molar-refractivity contribution in [3.63, 3.8) is 0 Å². The Morgan fingerprint density at radius 2 is 1.59 bits per heavy atom. The van der Waals surface area contributed by atoms with Gasteiger partial charge in [0.05, 0.1) is 19.8 Å². The van der Waals surface area contributed by atoms with Crippen LogP contribution in [0.3, 0.4) is 0 Å². The predicted octanol–water partition coefficient (Wildman–Crippen LogP) is 2.76. The lowest BCUT2D eigenvalue weighted by Crippen LogP contribution is -2.41. The number of nitrogens with zero attached hydrogens (tertiary/aromatic N) is 1. The van der Waals surface area contributed by atoms with Gasteiger partial charge in [-0.15, -0.1) is 0 Å². The van der Waals surface area contributed by atoms with Crippen molar-refractivity contribution >= 4 is 5.91 Å². The van der Waals surface area contributed by atoms with Gasteiger partial charge in [-0.1, -0.05) is 0 Å². The topological polar surface area (TPSA) is 60.5 Å². The van der Waals surface area contributed by atoms with E-state index in [1.165, 1.54) is 0 Å². The van der Waals surface area contributed by atoms with Crippen LogP contribution in [-0.4, -0.2) is 25.1 Å². The largest absolute Gasteiger partial charge is 0.497 e. The Balaban J connectivity index is 2.25. The quantitative estimate of drug-likeness (QED) is 0.922. The SMILES string of the molecule is COc1cc(OC)cc(C(=O)NC(C)(C)c2ccncc2)c1. The number of nitrogens with one attached hydrogen (secondary N) is 1. The fourth-order valence-corrected chi connectivity index (χ4v) is 2.14. The first kappa shape index (κ1) is 15.8. The highest BCUT2D eigenvalue weighted by Gasteiger charge is 2.23. The lowest BCUT2D eigenvalue weighted by Gasteiger charge is -2.27. The van der Waals surface area contributed by atoms with Crippen molar-refractivity contribution < 1.29 is 14.3 Å². The van der Waals surface area contributed by atoms with Crippen molar-refractivity contribution in [2.75, 3.05) is 14.2 Å². The zero-order valence-corrected chi connectivity index (χ0v) is 13.2. The monoisotopic (exact) mass is 300 g/mol. The second-order valence-electron chi connectivity index (χ2n) is 5.42. The van der Waals surface area contributed by atoms with Gasteiger partial charge >= 0.3 is 0 Å². The van der Waals surface area contributed by atoms with Gasteiger partial charge in [-0.3, -0.25) is 9.78 Å². The van der Waals surface area contributed by atoms with Gasteiger partial charge in [0.2, 0.25) is 0 Å². The Morgan fingerprint density at radius 3 is 2.09 bits per heavy atom. The standard InChI is InChI=1S/C17H20N2O3/c1-17(2,13-5-7-18-8-6-13)19-16(20)12-9-14(21-3)11-15(10-12)22-4/h5-11H,1-4H3,(H,19,20). The fourth-order valence-electron chi connectivity index (χ4n) is 2.14. The zero-order chi connectivity index (χ0) is 16.2. The summed E-state index contributed by atoms with van der Waals surface area (Å²) in [6.07, 6.45) is 3.41. The summed E-state index contributed by atoms with van der Waals surface area (Å²) in [6.45, 7) is 3.88. The molecule has 2 rings (SSSR count). The van der Waals surface area contributed by atoms with Crippen LogP contribution >= 0.6 is 0 Å². The van der Waals surface area contributed by atoms with Crippen molar-refractivity contribution in [2.45, 2.75) is 19.4 Å². The van der Waals surface area contributed by atoms with Gasteiger partial charge in [0.1, 0.15) is 11.5 Å². The second-order valence-corrected chi connectivity index (χ2v) is 5.42. The molecule has 1 N–H and O–H groups in total. The van der Waals surface area contributed by atoms with Crippen LogP contribution in [0.2, 0.25) is 0 Å². The van der Waals surface area contributed by atoms with Crippen molar-refractivity contribution in [1.29, 1.82) is 0 Å². The maximum Gasteiger partial charge on any atom is 0.252 e. The highest BCUT2D eigenvalue weighted by Crippen LogP contribution is 2.24. The van der Waals surface area contributed by atoms with Gasteiger partial charge in [0.25, 0.3) is 5.91 Å². The number of amides is 1. The van der Waals surface area contributed by atoms with E-state index in [1.807, 2.05) is 26.0 Å². The Morgan fingerprint density at radius 1 is 1.05 bits per heavy atom. The Bertz CT molecular complexity index is 632. The third-order valence-corrected chi connectivity index (χ3v) is 3.44. The molecule has 0 fully saturated rings. The summed E-state index contributed by atoms with van der Waals surface area (Å²) in [4.78, 5) is 16.5. The number of rotatable bonds is 5. The molecule has 0 saturated heterocycles. The van der Waals surface area contributed by atoms with Crippen LogP contribution < -0.4 is 14.8 Å². The number of aromatic nitrogens is 1. The first-order valence-corrected chi connectivity index (χ1v) is 6.92. The summed E-state index contributed by atoms with van der Waals surface area (Å²) in [7, 11) is 3.11. The number of hydrogen-bond acceptors (Lipinski definition) is 4. The number of methoxy groups -OCH3 is 2. The van der Waals surface area contributed by atoms with Gasteiger partial charge in [-0.2, -0.15) is 0 Å². The molecule has 116 valence electrons. The lowest BCUT2D eigenvalue weighted by molar-refractivity contribution is 0.0911. The maximum absolute atomic E-state index is 12.5. The molecule has 0 saturated carbocycles. The molecule has 0 radical (unpaired) electrons. The average Bonchev–Trinajstić information content (AvgIpc) is 2.54. The molecule has 1 aromatic heterocycles. The van der Waals surface area contributed by atoms with Crippen LogP contribution in [0.4, 0.5) is 0 Å². The van der Waals surface area contributed by atoms with Gasteiger partial charge in [0, 0.05) is 24.0 Å². The smallest absolute Gasteiger partial charge is 0.252 e. The molecule has 0 unspecified atom stereocenters. The molecule has 1 amide bonds. The van der Waals surface area contributed by atoms with Gasteiger partial charge in [-0.25, -0.2) is 0 Å². The molecule has 5 heteroatoms. The summed E-state index contributed by atoms with van der Waals surface area (Å²) in [5.74, 6) is 0.955. The molecule has 5 nitrogen and oxygen atoms in total. The molecule has 2 aromatic rings. The number of hydrogen-bond donors (Lipinski definition) is 1. The molecule has 22 heavy (non-hydrogen) atoms. The molecule has 0 spiro atoms. The van der Waals surface area contributed by atoms with Crippen molar-refractivity contribution in [2.24, 2.45) is 0 Å². The Kier molecular flexibility index (Phi) is 4.65. The molecule has 0 atom stereocenters. The van der Waals surface area contributed by atoms with Gasteiger partial charge < -0.3 is 14.8 Å². The van der Waals surface area contributed by atoms with Crippen molar-refractivity contribution in [1.82, 2.24) is 10.3 Å². The van der Waals surface area contributed by atoms with Gasteiger partial charge in [-0.05, 0) is 43.7 Å². The van der Waals surface area contributed by atoms with E-state index in [4.69, 9.17) is 9.47 Å². The van der Waals surface area contributed by atoms with Gasteiger partial charge in [0.15, 0.2) is 0 Å². The maximum atomic E-state index is 12.5. The Labute approximate surface area is 130 Å². The van der Waals surface area contributed by atoms with E-state index in [1.54, 1.807) is 44.8 Å². The molecule has 0 aliphatic carbocycles.